The molecule has 2 aromatic heterocycles. The van der Waals surface area contributed by atoms with Crippen molar-refractivity contribution >= 4 is 55.2 Å². The second-order valence-electron chi connectivity index (χ2n) is 11.4. The summed E-state index contributed by atoms with van der Waals surface area (Å²) >= 11 is 0. The van der Waals surface area contributed by atoms with Gasteiger partial charge in [0.1, 0.15) is 23.2 Å². The maximum absolute atomic E-state index is 6.18. The molecular formula is C40H26N4O. The van der Waals surface area contributed by atoms with Gasteiger partial charge in [0.25, 0.3) is 0 Å². The van der Waals surface area contributed by atoms with Gasteiger partial charge in [0, 0.05) is 34.3 Å². The molecule has 0 aliphatic carbocycles. The lowest BCUT2D eigenvalue weighted by atomic mass is 10.00. The minimum absolute atomic E-state index is 0.330. The van der Waals surface area contributed by atoms with Crippen LogP contribution in [0.4, 0.5) is 0 Å². The number of hydrogen-bond acceptors (Lipinski definition) is 5. The fourth-order valence-corrected chi connectivity index (χ4v) is 6.31. The molecule has 0 radical (unpaired) electrons. The van der Waals surface area contributed by atoms with Crippen LogP contribution in [0, 0.1) is 0 Å². The zero-order valence-electron chi connectivity index (χ0n) is 24.2. The first-order valence-corrected chi connectivity index (χ1v) is 15.0. The van der Waals surface area contributed by atoms with Gasteiger partial charge in [0.05, 0.1) is 0 Å². The molecule has 45 heavy (non-hydrogen) atoms. The normalized spacial score (nSPS) is 14.9. The van der Waals surface area contributed by atoms with Crippen molar-refractivity contribution in [2.24, 2.45) is 9.98 Å². The molecule has 1 unspecified atom stereocenters. The lowest BCUT2D eigenvalue weighted by Gasteiger charge is -2.24. The second kappa shape index (κ2) is 10.3. The van der Waals surface area contributed by atoms with Crippen LogP contribution in [0.1, 0.15) is 22.9 Å². The highest BCUT2D eigenvalue weighted by Crippen LogP contribution is 2.33. The Labute approximate surface area is 259 Å². The fourth-order valence-electron chi connectivity index (χ4n) is 6.31. The smallest absolute Gasteiger partial charge is 0.159 e. The number of amidine groups is 2. The Morgan fingerprint density at radius 3 is 2.11 bits per heavy atom. The summed E-state index contributed by atoms with van der Waals surface area (Å²) in [6.45, 7) is 0. The SMILES string of the molecule is c1ccc2cc(-c3ccc(C4=NC(c5ccc6ccccc6c5)NC(c5cccc6oc7ccncc7c56)=N4)cc3)ccc2c1. The average molecular weight is 579 g/mol. The number of fused-ring (bicyclic) bond motifs is 5. The van der Waals surface area contributed by atoms with E-state index in [0.717, 1.165) is 50.0 Å². The molecule has 5 nitrogen and oxygen atoms in total. The first-order valence-electron chi connectivity index (χ1n) is 15.0. The van der Waals surface area contributed by atoms with E-state index in [4.69, 9.17) is 14.4 Å². The van der Waals surface area contributed by atoms with Crippen molar-refractivity contribution in [1.29, 1.82) is 0 Å². The number of aliphatic imine (C=N–C) groups is 2. The minimum Gasteiger partial charge on any atom is -0.456 e. The monoisotopic (exact) mass is 578 g/mol. The molecule has 0 saturated carbocycles. The summed E-state index contributed by atoms with van der Waals surface area (Å²) in [6, 6.07) is 46.5. The Morgan fingerprint density at radius 2 is 1.29 bits per heavy atom. The third-order valence-corrected chi connectivity index (χ3v) is 8.61. The van der Waals surface area contributed by atoms with Crippen molar-refractivity contribution in [3.8, 4) is 11.1 Å². The number of pyridine rings is 1. The van der Waals surface area contributed by atoms with Gasteiger partial charge < -0.3 is 9.73 Å². The summed E-state index contributed by atoms with van der Waals surface area (Å²) in [5.41, 5.74) is 6.89. The van der Waals surface area contributed by atoms with E-state index in [1.807, 2.05) is 24.4 Å². The summed E-state index contributed by atoms with van der Waals surface area (Å²) < 4.78 is 6.18. The third kappa shape index (κ3) is 4.45. The molecule has 1 N–H and O–H groups in total. The highest BCUT2D eigenvalue weighted by Gasteiger charge is 2.24. The number of furan rings is 1. The van der Waals surface area contributed by atoms with E-state index in [1.54, 1.807) is 6.20 Å². The summed E-state index contributed by atoms with van der Waals surface area (Å²) in [5, 5.41) is 10.4. The summed E-state index contributed by atoms with van der Waals surface area (Å²) in [7, 11) is 0. The van der Waals surface area contributed by atoms with Gasteiger partial charge in [0.15, 0.2) is 5.84 Å². The average Bonchev–Trinajstić information content (AvgIpc) is 3.50. The Balaban J connectivity index is 1.17. The summed E-state index contributed by atoms with van der Waals surface area (Å²) in [4.78, 5) is 14.7. The molecule has 5 heteroatoms. The molecule has 1 aliphatic rings. The quantitative estimate of drug-likeness (QED) is 0.226. The lowest BCUT2D eigenvalue weighted by Crippen LogP contribution is -2.33. The summed E-state index contributed by atoms with van der Waals surface area (Å²) in [5.74, 6) is 1.42. The zero-order valence-corrected chi connectivity index (χ0v) is 24.2. The van der Waals surface area contributed by atoms with Crippen molar-refractivity contribution in [2.75, 3.05) is 0 Å². The van der Waals surface area contributed by atoms with Gasteiger partial charge >= 0.3 is 0 Å². The lowest BCUT2D eigenvalue weighted by molar-refractivity contribution is 0.667. The van der Waals surface area contributed by atoms with Crippen LogP contribution in [0.15, 0.2) is 160 Å². The highest BCUT2D eigenvalue weighted by molar-refractivity contribution is 6.21. The maximum atomic E-state index is 6.18. The fraction of sp³-hybridized carbons (Fsp3) is 0.0250. The molecule has 0 amide bonds. The van der Waals surface area contributed by atoms with Crippen LogP contribution in [-0.2, 0) is 0 Å². The van der Waals surface area contributed by atoms with E-state index in [-0.39, 0.29) is 6.17 Å². The second-order valence-corrected chi connectivity index (χ2v) is 11.4. The Morgan fingerprint density at radius 1 is 0.578 bits per heavy atom. The number of nitrogens with zero attached hydrogens (tertiary/aromatic N) is 3. The molecule has 3 heterocycles. The molecule has 0 bridgehead atoms. The van der Waals surface area contributed by atoms with Crippen molar-refractivity contribution in [1.82, 2.24) is 10.3 Å². The first kappa shape index (κ1) is 25.4. The van der Waals surface area contributed by atoms with E-state index in [2.05, 4.69) is 126 Å². The Hall–Kier alpha value is -6.07. The van der Waals surface area contributed by atoms with Gasteiger partial charge in [0.2, 0.25) is 0 Å². The van der Waals surface area contributed by atoms with E-state index in [1.165, 1.54) is 27.1 Å². The van der Waals surface area contributed by atoms with Crippen molar-refractivity contribution in [3.05, 3.63) is 163 Å². The van der Waals surface area contributed by atoms with Gasteiger partial charge in [-0.1, -0.05) is 109 Å². The van der Waals surface area contributed by atoms with Gasteiger partial charge in [-0.25, -0.2) is 9.98 Å². The zero-order chi connectivity index (χ0) is 29.7. The molecule has 8 aromatic rings. The van der Waals surface area contributed by atoms with Crippen molar-refractivity contribution in [3.63, 3.8) is 0 Å². The molecule has 0 saturated heterocycles. The molecule has 9 rings (SSSR count). The number of benzene rings is 6. The molecule has 0 spiro atoms. The maximum Gasteiger partial charge on any atom is 0.159 e. The number of nitrogens with one attached hydrogen (secondary N) is 1. The van der Waals surface area contributed by atoms with E-state index in [0.29, 0.717) is 5.84 Å². The Kier molecular flexibility index (Phi) is 5.81. The third-order valence-electron chi connectivity index (χ3n) is 8.61. The van der Waals surface area contributed by atoms with Gasteiger partial charge in [-0.2, -0.15) is 0 Å². The first-order chi connectivity index (χ1) is 22.3. The molecule has 6 aromatic carbocycles. The predicted octanol–water partition coefficient (Wildman–Crippen LogP) is 9.45. The van der Waals surface area contributed by atoms with Gasteiger partial charge in [-0.3, -0.25) is 4.98 Å². The van der Waals surface area contributed by atoms with Crippen LogP contribution < -0.4 is 5.32 Å². The van der Waals surface area contributed by atoms with E-state index < -0.39 is 0 Å². The number of rotatable bonds is 4. The largest absolute Gasteiger partial charge is 0.456 e. The number of aromatic nitrogens is 1. The molecule has 212 valence electrons. The highest BCUT2D eigenvalue weighted by atomic mass is 16.3. The topological polar surface area (TPSA) is 62.8 Å². The van der Waals surface area contributed by atoms with Crippen LogP contribution in [0.5, 0.6) is 0 Å². The van der Waals surface area contributed by atoms with Crippen LogP contribution in [0.3, 0.4) is 0 Å². The minimum atomic E-state index is -0.330. The van der Waals surface area contributed by atoms with E-state index in [9.17, 15) is 0 Å². The van der Waals surface area contributed by atoms with Crippen molar-refractivity contribution in [2.45, 2.75) is 6.17 Å². The predicted molar refractivity (Wildman–Crippen MR) is 184 cm³/mol. The molecule has 1 aliphatic heterocycles. The van der Waals surface area contributed by atoms with E-state index >= 15 is 0 Å². The standard InChI is InChI=1S/C40H26N4O/c1-3-8-29-22-31(18-14-25(29)6-1)27-12-16-28(17-13-27)38-42-39(32-19-15-26-7-2-4-9-30(26)23-32)44-40(43-38)33-10-5-11-36-37(33)34-24-41-21-20-35(34)45-36/h1-24,39H,(H,42,43,44). The van der Waals surface area contributed by atoms with Gasteiger partial charge in [-0.15, -0.1) is 0 Å². The Bertz CT molecular complexity index is 2470. The van der Waals surface area contributed by atoms with Crippen LogP contribution in [-0.4, -0.2) is 16.7 Å². The molecule has 0 fully saturated rings. The summed E-state index contributed by atoms with van der Waals surface area (Å²) in [6.07, 6.45) is 3.28. The molecular weight excluding hydrogens is 552 g/mol. The van der Waals surface area contributed by atoms with Crippen molar-refractivity contribution < 1.29 is 4.42 Å². The van der Waals surface area contributed by atoms with Gasteiger partial charge in [-0.05, 0) is 62.5 Å². The van der Waals surface area contributed by atoms with Crippen LogP contribution >= 0.6 is 0 Å². The molecule has 1 atom stereocenters. The van der Waals surface area contributed by atoms with Crippen LogP contribution in [0.25, 0.3) is 54.6 Å². The number of hydrogen-bond donors (Lipinski definition) is 1. The van der Waals surface area contributed by atoms with Crippen LogP contribution in [0.2, 0.25) is 0 Å².